The average Bonchev–Trinajstić information content (AvgIpc) is 2.88. The molecule has 3 rings (SSSR count). The zero-order chi connectivity index (χ0) is 16.4. The van der Waals surface area contributed by atoms with Crippen LogP contribution in [-0.2, 0) is 6.42 Å². The molecule has 0 saturated carbocycles. The molecule has 5 nitrogen and oxygen atoms in total. The number of pyridine rings is 1. The molecular formula is C18H19N3O2. The lowest BCUT2D eigenvalue weighted by Gasteiger charge is -2.07. The number of rotatable bonds is 4. The van der Waals surface area contributed by atoms with Crippen LogP contribution in [0.25, 0.3) is 10.9 Å². The summed E-state index contributed by atoms with van der Waals surface area (Å²) in [4.78, 5) is 30.1. The molecular weight excluding hydrogens is 290 g/mol. The summed E-state index contributed by atoms with van der Waals surface area (Å²) in [7, 11) is 0. The molecule has 0 aliphatic carbocycles. The molecule has 0 fully saturated rings. The van der Waals surface area contributed by atoms with E-state index in [9.17, 15) is 9.59 Å². The number of aromatic nitrogens is 2. The summed E-state index contributed by atoms with van der Waals surface area (Å²) in [5.74, 6) is -0.333. The standard InChI is InChI=1S/C18H19N3O2/c1-11-9-12(2)20-18(23)16(11)17(22)19-8-7-14-10-13-5-3-4-6-15(13)21-14/h3-6,9-10,21H,7-8H2,1-2H3,(H,19,22)(H,20,23). The minimum absolute atomic E-state index is 0.187. The number of amides is 1. The van der Waals surface area contributed by atoms with Crippen molar-refractivity contribution in [2.24, 2.45) is 0 Å². The molecule has 0 aliphatic rings. The largest absolute Gasteiger partial charge is 0.358 e. The van der Waals surface area contributed by atoms with Crippen molar-refractivity contribution >= 4 is 16.8 Å². The van der Waals surface area contributed by atoms with Crippen LogP contribution in [0.4, 0.5) is 0 Å². The second-order valence-corrected chi connectivity index (χ2v) is 5.73. The first-order valence-electron chi connectivity index (χ1n) is 7.60. The van der Waals surface area contributed by atoms with E-state index in [1.165, 1.54) is 0 Å². The lowest BCUT2D eigenvalue weighted by atomic mass is 10.1. The smallest absolute Gasteiger partial charge is 0.261 e. The Labute approximate surface area is 133 Å². The van der Waals surface area contributed by atoms with Crippen molar-refractivity contribution in [2.75, 3.05) is 6.54 Å². The molecule has 0 bridgehead atoms. The topological polar surface area (TPSA) is 77.8 Å². The van der Waals surface area contributed by atoms with E-state index in [0.29, 0.717) is 18.5 Å². The molecule has 23 heavy (non-hydrogen) atoms. The van der Waals surface area contributed by atoms with Gasteiger partial charge in [-0.15, -0.1) is 0 Å². The molecule has 0 saturated heterocycles. The molecule has 0 radical (unpaired) electrons. The zero-order valence-corrected chi connectivity index (χ0v) is 13.2. The number of H-pyrrole nitrogens is 2. The Hall–Kier alpha value is -2.82. The molecule has 2 heterocycles. The van der Waals surface area contributed by atoms with E-state index in [0.717, 1.165) is 22.3 Å². The maximum absolute atomic E-state index is 12.2. The fourth-order valence-electron chi connectivity index (χ4n) is 2.80. The normalized spacial score (nSPS) is 10.9. The van der Waals surface area contributed by atoms with E-state index in [1.807, 2.05) is 24.3 Å². The number of benzene rings is 1. The van der Waals surface area contributed by atoms with Gasteiger partial charge < -0.3 is 15.3 Å². The van der Waals surface area contributed by atoms with Crippen LogP contribution in [0.3, 0.4) is 0 Å². The van der Waals surface area contributed by atoms with Gasteiger partial charge in [0.1, 0.15) is 5.56 Å². The van der Waals surface area contributed by atoms with Crippen LogP contribution < -0.4 is 10.9 Å². The van der Waals surface area contributed by atoms with Crippen molar-refractivity contribution in [3.63, 3.8) is 0 Å². The van der Waals surface area contributed by atoms with Gasteiger partial charge in [0.25, 0.3) is 11.5 Å². The molecule has 5 heteroatoms. The van der Waals surface area contributed by atoms with E-state index in [2.05, 4.69) is 21.4 Å². The van der Waals surface area contributed by atoms with E-state index in [1.54, 1.807) is 19.9 Å². The molecule has 3 aromatic rings. The number of aromatic amines is 2. The molecule has 2 aromatic heterocycles. The van der Waals surface area contributed by atoms with Crippen molar-refractivity contribution in [3.8, 4) is 0 Å². The predicted molar refractivity (Wildman–Crippen MR) is 90.9 cm³/mol. The minimum Gasteiger partial charge on any atom is -0.358 e. The van der Waals surface area contributed by atoms with Gasteiger partial charge in [0, 0.05) is 29.9 Å². The third kappa shape index (κ3) is 3.18. The maximum atomic E-state index is 12.2. The molecule has 1 amide bonds. The van der Waals surface area contributed by atoms with Crippen molar-refractivity contribution in [1.82, 2.24) is 15.3 Å². The predicted octanol–water partition coefficient (Wildman–Crippen LogP) is 2.45. The number of carbonyl (C=O) groups is 1. The van der Waals surface area contributed by atoms with E-state index >= 15 is 0 Å². The quantitative estimate of drug-likeness (QED) is 0.692. The van der Waals surface area contributed by atoms with Gasteiger partial charge in [-0.3, -0.25) is 9.59 Å². The van der Waals surface area contributed by atoms with Gasteiger partial charge in [-0.05, 0) is 43.0 Å². The first-order chi connectivity index (χ1) is 11.0. The number of para-hydroxylation sites is 1. The lowest BCUT2D eigenvalue weighted by Crippen LogP contribution is -2.32. The highest BCUT2D eigenvalue weighted by Gasteiger charge is 2.13. The van der Waals surface area contributed by atoms with Gasteiger partial charge in [-0.2, -0.15) is 0 Å². The van der Waals surface area contributed by atoms with Crippen LogP contribution in [0.2, 0.25) is 0 Å². The zero-order valence-electron chi connectivity index (χ0n) is 13.2. The second kappa shape index (κ2) is 6.12. The van der Waals surface area contributed by atoms with Crippen molar-refractivity contribution < 1.29 is 4.79 Å². The highest BCUT2D eigenvalue weighted by atomic mass is 16.2. The Bertz CT molecular complexity index is 888. The van der Waals surface area contributed by atoms with Gasteiger partial charge in [-0.1, -0.05) is 18.2 Å². The van der Waals surface area contributed by atoms with Crippen LogP contribution in [0.5, 0.6) is 0 Å². The van der Waals surface area contributed by atoms with Crippen molar-refractivity contribution in [2.45, 2.75) is 20.3 Å². The summed E-state index contributed by atoms with van der Waals surface area (Å²) in [6.07, 6.45) is 0.684. The molecule has 118 valence electrons. The van der Waals surface area contributed by atoms with Crippen LogP contribution in [0, 0.1) is 13.8 Å². The fraction of sp³-hybridized carbons (Fsp3) is 0.222. The third-order valence-electron chi connectivity index (χ3n) is 3.86. The van der Waals surface area contributed by atoms with Gasteiger partial charge in [0.2, 0.25) is 0 Å². The third-order valence-corrected chi connectivity index (χ3v) is 3.86. The number of nitrogens with one attached hydrogen (secondary N) is 3. The molecule has 0 atom stereocenters. The van der Waals surface area contributed by atoms with Crippen LogP contribution in [0.15, 0.2) is 41.2 Å². The Morgan fingerprint density at radius 3 is 2.65 bits per heavy atom. The molecule has 3 N–H and O–H groups in total. The number of carbonyl (C=O) groups excluding carboxylic acids is 1. The minimum atomic E-state index is -0.342. The summed E-state index contributed by atoms with van der Waals surface area (Å²) in [6.45, 7) is 4.04. The highest BCUT2D eigenvalue weighted by Crippen LogP contribution is 2.14. The summed E-state index contributed by atoms with van der Waals surface area (Å²) in [6, 6.07) is 11.9. The Kier molecular flexibility index (Phi) is 4.02. The average molecular weight is 309 g/mol. The summed E-state index contributed by atoms with van der Waals surface area (Å²) < 4.78 is 0. The Morgan fingerprint density at radius 2 is 1.91 bits per heavy atom. The van der Waals surface area contributed by atoms with Gasteiger partial charge in [0.15, 0.2) is 0 Å². The molecule has 0 unspecified atom stereocenters. The SMILES string of the molecule is Cc1cc(C)c(C(=O)NCCc2cc3ccccc3[nH]2)c(=O)[nH]1. The van der Waals surface area contributed by atoms with Crippen molar-refractivity contribution in [3.05, 3.63) is 69.3 Å². The van der Waals surface area contributed by atoms with E-state index in [4.69, 9.17) is 0 Å². The number of hydrogen-bond acceptors (Lipinski definition) is 2. The van der Waals surface area contributed by atoms with Gasteiger partial charge in [0.05, 0.1) is 0 Å². The second-order valence-electron chi connectivity index (χ2n) is 5.73. The van der Waals surface area contributed by atoms with Crippen LogP contribution >= 0.6 is 0 Å². The van der Waals surface area contributed by atoms with Gasteiger partial charge in [-0.25, -0.2) is 0 Å². The van der Waals surface area contributed by atoms with Crippen LogP contribution in [0.1, 0.15) is 27.3 Å². The van der Waals surface area contributed by atoms with Crippen molar-refractivity contribution in [1.29, 1.82) is 0 Å². The van der Waals surface area contributed by atoms with Crippen LogP contribution in [-0.4, -0.2) is 22.4 Å². The number of fused-ring (bicyclic) bond motifs is 1. The van der Waals surface area contributed by atoms with E-state index < -0.39 is 0 Å². The monoisotopic (exact) mass is 309 g/mol. The Balaban J connectivity index is 1.66. The lowest BCUT2D eigenvalue weighted by molar-refractivity contribution is 0.0952. The summed E-state index contributed by atoms with van der Waals surface area (Å²) >= 11 is 0. The number of aryl methyl sites for hydroxylation is 2. The van der Waals surface area contributed by atoms with E-state index in [-0.39, 0.29) is 17.0 Å². The molecule has 0 aliphatic heterocycles. The first kappa shape index (κ1) is 15.1. The first-order valence-corrected chi connectivity index (χ1v) is 7.60. The molecule has 0 spiro atoms. The maximum Gasteiger partial charge on any atom is 0.261 e. The highest BCUT2D eigenvalue weighted by molar-refractivity contribution is 5.95. The summed E-state index contributed by atoms with van der Waals surface area (Å²) in [5.41, 5.74) is 3.43. The fourth-order valence-corrected chi connectivity index (χ4v) is 2.80. The summed E-state index contributed by atoms with van der Waals surface area (Å²) in [5, 5.41) is 3.97. The van der Waals surface area contributed by atoms with Gasteiger partial charge >= 0.3 is 0 Å². The molecule has 1 aromatic carbocycles. The Morgan fingerprint density at radius 1 is 1.13 bits per heavy atom. The number of hydrogen-bond donors (Lipinski definition) is 3.